The van der Waals surface area contributed by atoms with Gasteiger partial charge < -0.3 is 10.2 Å². The van der Waals surface area contributed by atoms with Gasteiger partial charge in [0, 0.05) is 36.1 Å². The maximum Gasteiger partial charge on any atom is 0.258 e. The highest BCUT2D eigenvalue weighted by molar-refractivity contribution is 6.06. The van der Waals surface area contributed by atoms with Gasteiger partial charge in [0.1, 0.15) is 0 Å². The molecule has 2 amide bonds. The first kappa shape index (κ1) is 23.9. The second-order valence-corrected chi connectivity index (χ2v) is 8.51. The molecule has 1 heterocycles. The monoisotopic (exact) mass is 463 g/mol. The van der Waals surface area contributed by atoms with E-state index < -0.39 is 0 Å². The van der Waals surface area contributed by atoms with Crippen molar-refractivity contribution in [1.82, 2.24) is 10.3 Å². The van der Waals surface area contributed by atoms with Gasteiger partial charge in [-0.05, 0) is 54.4 Å². The van der Waals surface area contributed by atoms with E-state index in [0.717, 1.165) is 22.5 Å². The van der Waals surface area contributed by atoms with Crippen molar-refractivity contribution in [3.05, 3.63) is 131 Å². The summed E-state index contributed by atoms with van der Waals surface area (Å²) in [6, 6.07) is 30.9. The van der Waals surface area contributed by atoms with Crippen molar-refractivity contribution in [3.63, 3.8) is 0 Å². The van der Waals surface area contributed by atoms with E-state index >= 15 is 0 Å². The molecule has 0 saturated heterocycles. The van der Waals surface area contributed by atoms with E-state index in [1.807, 2.05) is 91.9 Å². The van der Waals surface area contributed by atoms with Crippen LogP contribution in [0.3, 0.4) is 0 Å². The number of benzene rings is 3. The summed E-state index contributed by atoms with van der Waals surface area (Å²) < 4.78 is 0. The third-order valence-electron chi connectivity index (χ3n) is 5.77. The SMILES string of the molecule is Cc1ccc(CN(C(=O)c2ccccc2)c2ccc(CC(=O)NCCc3ccccn3)cc2)cc1. The minimum atomic E-state index is -0.0637. The number of hydrogen-bond donors (Lipinski definition) is 1. The average Bonchev–Trinajstić information content (AvgIpc) is 2.90. The molecular formula is C30H29N3O2. The van der Waals surface area contributed by atoms with Crippen molar-refractivity contribution in [3.8, 4) is 0 Å². The summed E-state index contributed by atoms with van der Waals surface area (Å²) >= 11 is 0. The number of carbonyl (C=O) groups is 2. The van der Waals surface area contributed by atoms with Crippen molar-refractivity contribution in [1.29, 1.82) is 0 Å². The summed E-state index contributed by atoms with van der Waals surface area (Å²) in [6.45, 7) is 3.05. The predicted molar refractivity (Wildman–Crippen MR) is 139 cm³/mol. The highest BCUT2D eigenvalue weighted by Crippen LogP contribution is 2.22. The molecule has 3 aromatic carbocycles. The molecule has 5 heteroatoms. The second kappa shape index (κ2) is 11.7. The molecule has 176 valence electrons. The summed E-state index contributed by atoms with van der Waals surface area (Å²) in [6.07, 6.45) is 2.73. The molecule has 0 unspecified atom stereocenters. The van der Waals surface area contributed by atoms with Crippen LogP contribution in [0.2, 0.25) is 0 Å². The number of nitrogens with one attached hydrogen (secondary N) is 1. The molecule has 0 fully saturated rings. The lowest BCUT2D eigenvalue weighted by Gasteiger charge is -2.23. The van der Waals surface area contributed by atoms with Gasteiger partial charge in [0.15, 0.2) is 0 Å². The van der Waals surface area contributed by atoms with Crippen LogP contribution in [0.15, 0.2) is 103 Å². The van der Waals surface area contributed by atoms with Gasteiger partial charge >= 0.3 is 0 Å². The normalized spacial score (nSPS) is 10.5. The fraction of sp³-hybridized carbons (Fsp3) is 0.167. The quantitative estimate of drug-likeness (QED) is 0.374. The van der Waals surface area contributed by atoms with E-state index in [9.17, 15) is 9.59 Å². The molecule has 35 heavy (non-hydrogen) atoms. The molecule has 4 aromatic rings. The van der Waals surface area contributed by atoms with E-state index in [-0.39, 0.29) is 18.2 Å². The van der Waals surface area contributed by atoms with Gasteiger partial charge in [-0.1, -0.05) is 66.2 Å². The van der Waals surface area contributed by atoms with E-state index in [2.05, 4.69) is 22.4 Å². The Labute approximate surface area is 206 Å². The standard InChI is InChI=1S/C30H29N3O2/c1-23-10-12-25(13-11-23)22-33(30(35)26-7-3-2-4-8-26)28-16-14-24(15-17-28)21-29(34)32-20-18-27-9-5-6-19-31-27/h2-17,19H,18,20-22H2,1H3,(H,32,34). The number of rotatable bonds is 9. The van der Waals surface area contributed by atoms with Crippen molar-refractivity contribution in [2.75, 3.05) is 11.4 Å². The maximum atomic E-state index is 13.4. The Morgan fingerprint density at radius 2 is 1.49 bits per heavy atom. The number of nitrogens with zero attached hydrogens (tertiary/aromatic N) is 2. The van der Waals surface area contributed by atoms with Crippen molar-refractivity contribution >= 4 is 17.5 Å². The number of aryl methyl sites for hydroxylation is 1. The lowest BCUT2D eigenvalue weighted by molar-refractivity contribution is -0.120. The molecule has 5 nitrogen and oxygen atoms in total. The summed E-state index contributed by atoms with van der Waals surface area (Å²) in [4.78, 5) is 31.8. The van der Waals surface area contributed by atoms with E-state index in [1.54, 1.807) is 11.1 Å². The van der Waals surface area contributed by atoms with Crippen LogP contribution >= 0.6 is 0 Å². The zero-order valence-corrected chi connectivity index (χ0v) is 19.9. The minimum absolute atomic E-state index is 0.0365. The third-order valence-corrected chi connectivity index (χ3v) is 5.77. The topological polar surface area (TPSA) is 62.3 Å². The minimum Gasteiger partial charge on any atom is -0.355 e. The summed E-state index contributed by atoms with van der Waals surface area (Å²) in [5.41, 5.74) is 5.50. The average molecular weight is 464 g/mol. The number of amides is 2. The molecule has 0 aliphatic rings. The number of anilines is 1. The molecule has 0 aliphatic heterocycles. The second-order valence-electron chi connectivity index (χ2n) is 8.51. The van der Waals surface area contributed by atoms with Crippen LogP contribution in [-0.2, 0) is 24.2 Å². The fourth-order valence-corrected chi connectivity index (χ4v) is 3.81. The maximum absolute atomic E-state index is 13.4. The summed E-state index contributed by atoms with van der Waals surface area (Å²) in [5, 5.41) is 2.95. The van der Waals surface area contributed by atoms with Crippen LogP contribution in [0.4, 0.5) is 5.69 Å². The molecule has 0 aliphatic carbocycles. The third kappa shape index (κ3) is 6.87. The lowest BCUT2D eigenvalue weighted by atomic mass is 10.1. The molecule has 0 radical (unpaired) electrons. The lowest BCUT2D eigenvalue weighted by Crippen LogP contribution is -2.30. The van der Waals surface area contributed by atoms with Crippen LogP contribution < -0.4 is 10.2 Å². The van der Waals surface area contributed by atoms with Gasteiger partial charge in [0.05, 0.1) is 13.0 Å². The largest absolute Gasteiger partial charge is 0.355 e. The summed E-state index contributed by atoms with van der Waals surface area (Å²) in [7, 11) is 0. The van der Waals surface area contributed by atoms with Gasteiger partial charge in [0.2, 0.25) is 5.91 Å². The van der Waals surface area contributed by atoms with Gasteiger partial charge in [-0.2, -0.15) is 0 Å². The van der Waals surface area contributed by atoms with Crippen LogP contribution in [0, 0.1) is 6.92 Å². The molecule has 0 bridgehead atoms. The molecule has 0 saturated carbocycles. The Morgan fingerprint density at radius 1 is 0.800 bits per heavy atom. The Hall–Kier alpha value is -4.25. The number of pyridine rings is 1. The zero-order valence-electron chi connectivity index (χ0n) is 19.9. The number of carbonyl (C=O) groups excluding carboxylic acids is 2. The van der Waals surface area contributed by atoms with Gasteiger partial charge in [0.25, 0.3) is 5.91 Å². The van der Waals surface area contributed by atoms with Crippen LogP contribution in [0.1, 0.15) is 32.7 Å². The predicted octanol–water partition coefficient (Wildman–Crippen LogP) is 5.14. The Morgan fingerprint density at radius 3 is 2.17 bits per heavy atom. The highest BCUT2D eigenvalue weighted by Gasteiger charge is 2.18. The van der Waals surface area contributed by atoms with E-state index in [4.69, 9.17) is 0 Å². The Balaban J connectivity index is 1.43. The molecule has 1 aromatic heterocycles. The van der Waals surface area contributed by atoms with E-state index in [1.165, 1.54) is 5.56 Å². The van der Waals surface area contributed by atoms with Gasteiger partial charge in [-0.15, -0.1) is 0 Å². The van der Waals surface area contributed by atoms with E-state index in [0.29, 0.717) is 25.1 Å². The van der Waals surface area contributed by atoms with Crippen molar-refractivity contribution in [2.45, 2.75) is 26.3 Å². The van der Waals surface area contributed by atoms with Crippen LogP contribution in [0.25, 0.3) is 0 Å². The Bertz CT molecular complexity index is 1240. The molecule has 0 atom stereocenters. The van der Waals surface area contributed by atoms with Crippen LogP contribution in [0.5, 0.6) is 0 Å². The first-order chi connectivity index (χ1) is 17.1. The van der Waals surface area contributed by atoms with Crippen molar-refractivity contribution < 1.29 is 9.59 Å². The molecule has 4 rings (SSSR count). The van der Waals surface area contributed by atoms with Crippen molar-refractivity contribution in [2.24, 2.45) is 0 Å². The molecule has 0 spiro atoms. The first-order valence-corrected chi connectivity index (χ1v) is 11.8. The van der Waals surface area contributed by atoms with Gasteiger partial charge in [-0.25, -0.2) is 0 Å². The highest BCUT2D eigenvalue weighted by atomic mass is 16.2. The fourth-order valence-electron chi connectivity index (χ4n) is 3.81. The molecule has 1 N–H and O–H groups in total. The van der Waals surface area contributed by atoms with Gasteiger partial charge in [-0.3, -0.25) is 14.6 Å². The summed E-state index contributed by atoms with van der Waals surface area (Å²) in [5.74, 6) is -0.100. The Kier molecular flexibility index (Phi) is 8.02. The number of aromatic nitrogens is 1. The molecular weight excluding hydrogens is 434 g/mol. The first-order valence-electron chi connectivity index (χ1n) is 11.8. The zero-order chi connectivity index (χ0) is 24.5. The number of hydrogen-bond acceptors (Lipinski definition) is 3. The smallest absolute Gasteiger partial charge is 0.258 e. The van der Waals surface area contributed by atoms with Crippen LogP contribution in [-0.4, -0.2) is 23.3 Å².